The Hall–Kier alpha value is -0.250. The van der Waals surface area contributed by atoms with Gasteiger partial charge in [-0.15, -0.1) is 0 Å². The maximum absolute atomic E-state index is 5.80. The maximum atomic E-state index is 5.80. The second-order valence-electron chi connectivity index (χ2n) is 2.78. The van der Waals surface area contributed by atoms with Gasteiger partial charge in [0.1, 0.15) is 12.4 Å². The third-order valence-electron chi connectivity index (χ3n) is 1.68. The van der Waals surface area contributed by atoms with Crippen molar-refractivity contribution in [2.75, 3.05) is 19.7 Å². The quantitative estimate of drug-likeness (QED) is 0.836. The predicted molar refractivity (Wildman–Crippen MR) is 63.2 cm³/mol. The highest BCUT2D eigenvalue weighted by molar-refractivity contribution is 9.10. The van der Waals surface area contributed by atoms with Crippen LogP contribution in [0.15, 0.2) is 22.7 Å². The van der Waals surface area contributed by atoms with Crippen LogP contribution in [0.25, 0.3) is 0 Å². The van der Waals surface area contributed by atoms with Gasteiger partial charge in [0.15, 0.2) is 0 Å². The Morgan fingerprint density at radius 2 is 2.29 bits per heavy atom. The number of nitrogens with one attached hydrogen (secondary N) is 1. The van der Waals surface area contributed by atoms with Gasteiger partial charge in [-0.3, -0.25) is 0 Å². The van der Waals surface area contributed by atoms with E-state index in [1.165, 1.54) is 0 Å². The molecule has 0 spiro atoms. The molecule has 0 radical (unpaired) electrons. The molecule has 0 aromatic heterocycles. The molecule has 4 heteroatoms. The molecule has 2 nitrogen and oxygen atoms in total. The lowest BCUT2D eigenvalue weighted by atomic mass is 10.3. The summed E-state index contributed by atoms with van der Waals surface area (Å²) in [6.07, 6.45) is 0. The molecule has 1 aromatic carbocycles. The summed E-state index contributed by atoms with van der Waals surface area (Å²) in [7, 11) is 0. The van der Waals surface area contributed by atoms with Gasteiger partial charge in [0.25, 0.3) is 0 Å². The molecule has 0 saturated carbocycles. The van der Waals surface area contributed by atoms with E-state index in [0.29, 0.717) is 11.6 Å². The van der Waals surface area contributed by atoms with Crippen LogP contribution in [0.1, 0.15) is 6.92 Å². The van der Waals surface area contributed by atoms with Gasteiger partial charge in [-0.1, -0.05) is 18.5 Å². The zero-order valence-corrected chi connectivity index (χ0v) is 10.4. The minimum atomic E-state index is 0.661. The first-order chi connectivity index (χ1) is 6.74. The van der Waals surface area contributed by atoms with Crippen LogP contribution in [0.2, 0.25) is 5.02 Å². The lowest BCUT2D eigenvalue weighted by molar-refractivity contribution is 0.313. The highest BCUT2D eigenvalue weighted by Crippen LogP contribution is 2.27. The second-order valence-corrected chi connectivity index (χ2v) is 4.07. The first-order valence-electron chi connectivity index (χ1n) is 4.52. The van der Waals surface area contributed by atoms with Crippen LogP contribution in [0.4, 0.5) is 0 Å². The van der Waals surface area contributed by atoms with E-state index in [0.717, 1.165) is 23.3 Å². The molecule has 14 heavy (non-hydrogen) atoms. The largest absolute Gasteiger partial charge is 0.491 e. The van der Waals surface area contributed by atoms with Crippen LogP contribution in [-0.4, -0.2) is 19.7 Å². The van der Waals surface area contributed by atoms with E-state index in [1.807, 2.05) is 18.2 Å². The average Bonchev–Trinajstić information content (AvgIpc) is 2.15. The Morgan fingerprint density at radius 1 is 1.50 bits per heavy atom. The van der Waals surface area contributed by atoms with E-state index in [9.17, 15) is 0 Å². The summed E-state index contributed by atoms with van der Waals surface area (Å²) < 4.78 is 6.42. The number of likely N-dealkylation sites (N-methyl/N-ethyl adjacent to an activating group) is 1. The fourth-order valence-corrected chi connectivity index (χ4v) is 1.80. The molecule has 0 aliphatic carbocycles. The smallest absolute Gasteiger partial charge is 0.133 e. The number of hydrogen-bond donors (Lipinski definition) is 1. The van der Waals surface area contributed by atoms with E-state index in [2.05, 4.69) is 28.2 Å². The summed E-state index contributed by atoms with van der Waals surface area (Å²) in [5, 5.41) is 3.89. The molecule has 78 valence electrons. The molecular weight excluding hydrogens is 265 g/mol. The van der Waals surface area contributed by atoms with Gasteiger partial charge in [-0.05, 0) is 40.7 Å². The van der Waals surface area contributed by atoms with Gasteiger partial charge in [-0.2, -0.15) is 0 Å². The van der Waals surface area contributed by atoms with E-state index >= 15 is 0 Å². The van der Waals surface area contributed by atoms with E-state index in [4.69, 9.17) is 16.3 Å². The molecule has 0 atom stereocenters. The fourth-order valence-electron chi connectivity index (χ4n) is 1.00. The standard InChI is InChI=1S/C10H13BrClNO/c1-2-13-5-6-14-10-4-3-8(12)7-9(10)11/h3-4,7,13H,2,5-6H2,1H3. The van der Waals surface area contributed by atoms with Crippen LogP contribution >= 0.6 is 27.5 Å². The van der Waals surface area contributed by atoms with E-state index in [1.54, 1.807) is 0 Å². The molecule has 0 saturated heterocycles. The topological polar surface area (TPSA) is 21.3 Å². The predicted octanol–water partition coefficient (Wildman–Crippen LogP) is 3.09. The van der Waals surface area contributed by atoms with E-state index in [-0.39, 0.29) is 0 Å². The van der Waals surface area contributed by atoms with Crippen molar-refractivity contribution in [2.24, 2.45) is 0 Å². The first kappa shape index (κ1) is 11.8. The maximum Gasteiger partial charge on any atom is 0.133 e. The third-order valence-corrected chi connectivity index (χ3v) is 2.54. The average molecular weight is 279 g/mol. The lowest BCUT2D eigenvalue weighted by Gasteiger charge is -2.08. The van der Waals surface area contributed by atoms with Crippen molar-refractivity contribution < 1.29 is 4.74 Å². The molecule has 1 rings (SSSR count). The SMILES string of the molecule is CCNCCOc1ccc(Cl)cc1Br. The Morgan fingerprint density at radius 3 is 2.93 bits per heavy atom. The van der Waals surface area contributed by atoms with Crippen molar-refractivity contribution in [3.8, 4) is 5.75 Å². The van der Waals surface area contributed by atoms with Gasteiger partial charge >= 0.3 is 0 Å². The summed E-state index contributed by atoms with van der Waals surface area (Å²) >= 11 is 9.19. The van der Waals surface area contributed by atoms with Gasteiger partial charge < -0.3 is 10.1 Å². The molecule has 0 heterocycles. The van der Waals surface area contributed by atoms with Crippen LogP contribution in [0.3, 0.4) is 0 Å². The molecule has 0 amide bonds. The molecule has 1 N–H and O–H groups in total. The fraction of sp³-hybridized carbons (Fsp3) is 0.400. The summed E-state index contributed by atoms with van der Waals surface area (Å²) in [6.45, 7) is 4.54. The number of benzene rings is 1. The number of rotatable bonds is 5. The molecule has 1 aromatic rings. The Bertz CT molecular complexity index is 293. The summed E-state index contributed by atoms with van der Waals surface area (Å²) in [6, 6.07) is 5.50. The molecular formula is C10H13BrClNO. The summed E-state index contributed by atoms with van der Waals surface area (Å²) in [4.78, 5) is 0. The van der Waals surface area contributed by atoms with Gasteiger partial charge in [0.2, 0.25) is 0 Å². The van der Waals surface area contributed by atoms with Crippen molar-refractivity contribution in [3.05, 3.63) is 27.7 Å². The molecule has 0 unspecified atom stereocenters. The molecule has 0 bridgehead atoms. The van der Waals surface area contributed by atoms with Crippen LogP contribution in [-0.2, 0) is 0 Å². The second kappa shape index (κ2) is 6.27. The normalized spacial score (nSPS) is 10.2. The van der Waals surface area contributed by atoms with Crippen molar-refractivity contribution in [1.82, 2.24) is 5.32 Å². The first-order valence-corrected chi connectivity index (χ1v) is 5.69. The minimum Gasteiger partial charge on any atom is -0.491 e. The van der Waals surface area contributed by atoms with Gasteiger partial charge in [-0.25, -0.2) is 0 Å². The monoisotopic (exact) mass is 277 g/mol. The Kier molecular flexibility index (Phi) is 5.30. The zero-order valence-electron chi connectivity index (χ0n) is 8.02. The van der Waals surface area contributed by atoms with Crippen molar-refractivity contribution in [2.45, 2.75) is 6.92 Å². The van der Waals surface area contributed by atoms with Crippen LogP contribution in [0, 0.1) is 0 Å². The van der Waals surface area contributed by atoms with Crippen LogP contribution in [0.5, 0.6) is 5.75 Å². The molecule has 0 aliphatic heterocycles. The van der Waals surface area contributed by atoms with Gasteiger partial charge in [0, 0.05) is 11.6 Å². The highest BCUT2D eigenvalue weighted by atomic mass is 79.9. The summed E-state index contributed by atoms with van der Waals surface area (Å²) in [5.41, 5.74) is 0. The summed E-state index contributed by atoms with van der Waals surface area (Å²) in [5.74, 6) is 0.826. The Balaban J connectivity index is 2.42. The number of halogens is 2. The molecule has 0 fully saturated rings. The zero-order chi connectivity index (χ0) is 10.4. The lowest BCUT2D eigenvalue weighted by Crippen LogP contribution is -2.20. The van der Waals surface area contributed by atoms with Crippen LogP contribution < -0.4 is 10.1 Å². The molecule has 0 aliphatic rings. The van der Waals surface area contributed by atoms with E-state index < -0.39 is 0 Å². The highest BCUT2D eigenvalue weighted by Gasteiger charge is 2.00. The van der Waals surface area contributed by atoms with Crippen molar-refractivity contribution in [1.29, 1.82) is 0 Å². The van der Waals surface area contributed by atoms with Crippen molar-refractivity contribution in [3.63, 3.8) is 0 Å². The van der Waals surface area contributed by atoms with Crippen molar-refractivity contribution >= 4 is 27.5 Å². The number of hydrogen-bond acceptors (Lipinski definition) is 2. The van der Waals surface area contributed by atoms with Gasteiger partial charge in [0.05, 0.1) is 4.47 Å². The third kappa shape index (κ3) is 3.86. The Labute approximate surface area is 97.7 Å². The number of ether oxygens (including phenoxy) is 1. The minimum absolute atomic E-state index is 0.661.